The minimum absolute atomic E-state index is 0.283. The van der Waals surface area contributed by atoms with Gasteiger partial charge in [0, 0.05) is 20.7 Å². The highest BCUT2D eigenvalue weighted by Gasteiger charge is 2.12. The number of rotatable bonds is 6. The van der Waals surface area contributed by atoms with Crippen LogP contribution in [0.2, 0.25) is 5.02 Å². The second-order valence-electron chi connectivity index (χ2n) is 6.13. The van der Waals surface area contributed by atoms with Crippen molar-refractivity contribution in [3.63, 3.8) is 0 Å². The van der Waals surface area contributed by atoms with Crippen molar-refractivity contribution in [3.8, 4) is 11.5 Å². The van der Waals surface area contributed by atoms with Gasteiger partial charge in [-0.3, -0.25) is 5.43 Å². The normalized spacial score (nSPS) is 10.5. The fourth-order valence-electron chi connectivity index (χ4n) is 2.48. The number of hydrogen-bond donors (Lipinski definition) is 2. The molecule has 9 heteroatoms. The highest BCUT2D eigenvalue weighted by atomic mass is 79.9. The van der Waals surface area contributed by atoms with Crippen LogP contribution in [0.4, 0.5) is 5.69 Å². The predicted octanol–water partition coefficient (Wildman–Crippen LogP) is 5.65. The van der Waals surface area contributed by atoms with Gasteiger partial charge in [0.15, 0.2) is 5.11 Å². The van der Waals surface area contributed by atoms with Crippen molar-refractivity contribution in [3.05, 3.63) is 87.4 Å². The van der Waals surface area contributed by atoms with Crippen LogP contribution in [0.1, 0.15) is 15.9 Å². The average molecular weight is 519 g/mol. The Morgan fingerprint density at radius 3 is 2.61 bits per heavy atom. The van der Waals surface area contributed by atoms with Gasteiger partial charge in [-0.2, -0.15) is 5.10 Å². The standard InChI is InChI=1S/C22H17BrClN3O3S/c1-29-19-8-5-14(6-9-19)21(28)30-20-10-7-16(23)11-15(20)13-25-27-22(31)26-18-4-2-3-17(24)12-18/h2-13H,1H3,(H2,26,27,31)/b25-13-. The predicted molar refractivity (Wildman–Crippen MR) is 130 cm³/mol. The highest BCUT2D eigenvalue weighted by molar-refractivity contribution is 9.10. The van der Waals surface area contributed by atoms with Crippen LogP contribution in [0.15, 0.2) is 76.3 Å². The molecular weight excluding hydrogens is 502 g/mol. The van der Waals surface area contributed by atoms with Crippen molar-refractivity contribution in [2.24, 2.45) is 5.10 Å². The Kier molecular flexibility index (Phi) is 8.00. The second kappa shape index (κ2) is 10.9. The van der Waals surface area contributed by atoms with Gasteiger partial charge < -0.3 is 14.8 Å². The number of hydrazone groups is 1. The lowest BCUT2D eigenvalue weighted by Gasteiger charge is -2.09. The van der Waals surface area contributed by atoms with E-state index in [1.807, 2.05) is 12.1 Å². The summed E-state index contributed by atoms with van der Waals surface area (Å²) in [4.78, 5) is 12.5. The van der Waals surface area contributed by atoms with Crippen molar-refractivity contribution in [2.75, 3.05) is 12.4 Å². The van der Waals surface area contributed by atoms with Crippen molar-refractivity contribution in [2.45, 2.75) is 0 Å². The zero-order valence-electron chi connectivity index (χ0n) is 16.3. The highest BCUT2D eigenvalue weighted by Crippen LogP contribution is 2.23. The summed E-state index contributed by atoms with van der Waals surface area (Å²) in [6.07, 6.45) is 1.51. The lowest BCUT2D eigenvalue weighted by molar-refractivity contribution is 0.0734. The Balaban J connectivity index is 1.67. The fraction of sp³-hybridized carbons (Fsp3) is 0.0455. The van der Waals surface area contributed by atoms with Crippen molar-refractivity contribution in [1.29, 1.82) is 0 Å². The third-order valence-corrected chi connectivity index (χ3v) is 4.87. The van der Waals surface area contributed by atoms with Gasteiger partial charge in [-0.15, -0.1) is 0 Å². The molecule has 31 heavy (non-hydrogen) atoms. The first-order valence-electron chi connectivity index (χ1n) is 8.96. The molecular formula is C22H17BrClN3O3S. The van der Waals surface area contributed by atoms with Gasteiger partial charge in [0.05, 0.1) is 18.9 Å². The maximum absolute atomic E-state index is 12.5. The number of hydrogen-bond acceptors (Lipinski definition) is 5. The molecule has 3 rings (SSSR count). The zero-order valence-corrected chi connectivity index (χ0v) is 19.4. The van der Waals surface area contributed by atoms with Gasteiger partial charge in [-0.05, 0) is 72.9 Å². The molecule has 0 aliphatic rings. The van der Waals surface area contributed by atoms with Gasteiger partial charge in [-0.25, -0.2) is 4.79 Å². The van der Waals surface area contributed by atoms with E-state index in [-0.39, 0.29) is 5.11 Å². The molecule has 0 spiro atoms. The monoisotopic (exact) mass is 517 g/mol. The van der Waals surface area contributed by atoms with E-state index < -0.39 is 5.97 Å². The first kappa shape index (κ1) is 22.7. The van der Waals surface area contributed by atoms with E-state index in [2.05, 4.69) is 31.8 Å². The molecule has 0 aliphatic carbocycles. The number of halogens is 2. The number of benzene rings is 3. The molecule has 0 aliphatic heterocycles. The summed E-state index contributed by atoms with van der Waals surface area (Å²) in [5.41, 5.74) is 4.43. The van der Waals surface area contributed by atoms with Crippen LogP contribution in [0.25, 0.3) is 0 Å². The minimum atomic E-state index is -0.495. The molecule has 6 nitrogen and oxygen atoms in total. The van der Waals surface area contributed by atoms with Crippen LogP contribution >= 0.6 is 39.7 Å². The quantitative estimate of drug-likeness (QED) is 0.144. The number of carbonyl (C=O) groups is 1. The van der Waals surface area contributed by atoms with E-state index in [1.54, 1.807) is 61.7 Å². The average Bonchev–Trinajstić information content (AvgIpc) is 2.75. The summed E-state index contributed by atoms with van der Waals surface area (Å²) in [5, 5.41) is 7.97. The molecule has 0 atom stereocenters. The molecule has 3 aromatic rings. The number of nitrogens with zero attached hydrogens (tertiary/aromatic N) is 1. The largest absolute Gasteiger partial charge is 0.497 e. The van der Waals surface area contributed by atoms with Gasteiger partial charge >= 0.3 is 5.97 Å². The molecule has 0 unspecified atom stereocenters. The Bertz CT molecular complexity index is 1120. The molecule has 3 aromatic carbocycles. The SMILES string of the molecule is COc1ccc(C(=O)Oc2ccc(Br)cc2/C=N\NC(=S)Nc2cccc(Cl)c2)cc1. The zero-order chi connectivity index (χ0) is 22.2. The molecule has 0 heterocycles. The Labute approximate surface area is 198 Å². The third kappa shape index (κ3) is 6.78. The van der Waals surface area contributed by atoms with Gasteiger partial charge in [0.1, 0.15) is 11.5 Å². The third-order valence-electron chi connectivity index (χ3n) is 3.95. The van der Waals surface area contributed by atoms with E-state index in [9.17, 15) is 4.79 Å². The number of methoxy groups -OCH3 is 1. The van der Waals surface area contributed by atoms with E-state index in [4.69, 9.17) is 33.3 Å². The number of nitrogens with one attached hydrogen (secondary N) is 2. The number of thiocarbonyl (C=S) groups is 1. The molecule has 0 saturated carbocycles. The molecule has 0 amide bonds. The Morgan fingerprint density at radius 1 is 1.13 bits per heavy atom. The summed E-state index contributed by atoms with van der Waals surface area (Å²) in [7, 11) is 1.56. The number of esters is 1. The lowest BCUT2D eigenvalue weighted by atomic mass is 10.2. The van der Waals surface area contributed by atoms with Crippen LogP contribution in [0, 0.1) is 0 Å². The Morgan fingerprint density at radius 2 is 1.90 bits per heavy atom. The maximum Gasteiger partial charge on any atom is 0.343 e. The fourth-order valence-corrected chi connectivity index (χ4v) is 3.22. The van der Waals surface area contributed by atoms with Crippen LogP contribution < -0.4 is 20.2 Å². The van der Waals surface area contributed by atoms with Gasteiger partial charge in [0.25, 0.3) is 0 Å². The summed E-state index contributed by atoms with van der Waals surface area (Å²) in [5.74, 6) is 0.510. The first-order chi connectivity index (χ1) is 14.9. The molecule has 0 aromatic heterocycles. The van der Waals surface area contributed by atoms with Gasteiger partial charge in [-0.1, -0.05) is 33.6 Å². The Hall–Kier alpha value is -2.94. The van der Waals surface area contributed by atoms with Crippen LogP contribution in [0.3, 0.4) is 0 Å². The van der Waals surface area contributed by atoms with Crippen molar-refractivity contribution >= 4 is 62.7 Å². The number of carbonyl (C=O) groups excluding carboxylic acids is 1. The smallest absolute Gasteiger partial charge is 0.343 e. The van der Waals surface area contributed by atoms with Crippen LogP contribution in [0.5, 0.6) is 11.5 Å². The second-order valence-corrected chi connectivity index (χ2v) is 7.90. The molecule has 0 saturated heterocycles. The molecule has 158 valence electrons. The number of anilines is 1. The topological polar surface area (TPSA) is 72.0 Å². The minimum Gasteiger partial charge on any atom is -0.497 e. The van der Waals surface area contributed by atoms with Crippen LogP contribution in [-0.4, -0.2) is 24.4 Å². The summed E-state index contributed by atoms with van der Waals surface area (Å²) in [6.45, 7) is 0. The molecule has 0 radical (unpaired) electrons. The van der Waals surface area contributed by atoms with E-state index in [0.717, 1.165) is 10.2 Å². The van der Waals surface area contributed by atoms with E-state index in [1.165, 1.54) is 6.21 Å². The van der Waals surface area contributed by atoms with Crippen molar-refractivity contribution < 1.29 is 14.3 Å². The van der Waals surface area contributed by atoms with Gasteiger partial charge in [0.2, 0.25) is 0 Å². The van der Waals surface area contributed by atoms with E-state index in [0.29, 0.717) is 27.6 Å². The summed E-state index contributed by atoms with van der Waals surface area (Å²) < 4.78 is 11.4. The molecule has 2 N–H and O–H groups in total. The van der Waals surface area contributed by atoms with E-state index >= 15 is 0 Å². The van der Waals surface area contributed by atoms with Crippen molar-refractivity contribution in [1.82, 2.24) is 5.43 Å². The lowest BCUT2D eigenvalue weighted by Crippen LogP contribution is -2.23. The first-order valence-corrected chi connectivity index (χ1v) is 10.5. The summed E-state index contributed by atoms with van der Waals surface area (Å²) in [6, 6.07) is 19.0. The maximum atomic E-state index is 12.5. The molecule has 0 bridgehead atoms. The number of ether oxygens (including phenoxy) is 2. The molecule has 0 fully saturated rings. The van der Waals surface area contributed by atoms with Crippen LogP contribution in [-0.2, 0) is 0 Å². The summed E-state index contributed by atoms with van der Waals surface area (Å²) >= 11 is 14.6.